The Morgan fingerprint density at radius 3 is 2.68 bits per heavy atom. The number of nitrogens with zero attached hydrogens (tertiary/aromatic N) is 1. The second kappa shape index (κ2) is 4.85. The Morgan fingerprint density at radius 1 is 1.37 bits per heavy atom. The molecule has 0 aliphatic carbocycles. The molecule has 19 heavy (non-hydrogen) atoms. The van der Waals surface area contributed by atoms with Crippen LogP contribution in [0.4, 0.5) is 0 Å². The number of carboxylic acid groups (broad SMARTS) is 1. The summed E-state index contributed by atoms with van der Waals surface area (Å²) in [6.07, 6.45) is 0. The normalized spacial score (nSPS) is 11.5. The standard InChI is InChI=1S/C14H15NO4/c1-14(2,8-16)10-5-3-4-9(6-10)12-7-11(13(17)18)15-19-12/h3-7,16H,8H2,1-2H3,(H,17,18). The second-order valence-corrected chi connectivity index (χ2v) is 5.00. The molecule has 0 saturated carbocycles. The molecule has 0 aliphatic rings. The predicted molar refractivity (Wildman–Crippen MR) is 69.0 cm³/mol. The lowest BCUT2D eigenvalue weighted by molar-refractivity contribution is 0.0686. The van der Waals surface area contributed by atoms with Gasteiger partial charge in [-0.2, -0.15) is 0 Å². The summed E-state index contributed by atoms with van der Waals surface area (Å²) in [4.78, 5) is 10.8. The number of aliphatic hydroxyl groups excluding tert-OH is 1. The molecule has 0 amide bonds. The van der Waals surface area contributed by atoms with E-state index >= 15 is 0 Å². The fraction of sp³-hybridized carbons (Fsp3) is 0.286. The topological polar surface area (TPSA) is 83.6 Å². The third-order valence-corrected chi connectivity index (χ3v) is 3.05. The van der Waals surface area contributed by atoms with Crippen molar-refractivity contribution in [2.75, 3.05) is 6.61 Å². The quantitative estimate of drug-likeness (QED) is 0.882. The van der Waals surface area contributed by atoms with E-state index in [1.165, 1.54) is 6.07 Å². The van der Waals surface area contributed by atoms with Gasteiger partial charge >= 0.3 is 5.97 Å². The van der Waals surface area contributed by atoms with E-state index in [1.807, 2.05) is 38.1 Å². The van der Waals surface area contributed by atoms with Crippen LogP contribution < -0.4 is 0 Å². The molecule has 0 bridgehead atoms. The molecule has 0 saturated heterocycles. The minimum atomic E-state index is -1.12. The summed E-state index contributed by atoms with van der Waals surface area (Å²) < 4.78 is 5.02. The largest absolute Gasteiger partial charge is 0.476 e. The van der Waals surface area contributed by atoms with Gasteiger partial charge in [0.1, 0.15) is 0 Å². The molecule has 100 valence electrons. The lowest BCUT2D eigenvalue weighted by Gasteiger charge is -2.22. The molecule has 0 atom stereocenters. The average Bonchev–Trinajstić information content (AvgIpc) is 2.89. The van der Waals surface area contributed by atoms with E-state index in [0.29, 0.717) is 5.76 Å². The Kier molecular flexibility index (Phi) is 3.40. The van der Waals surface area contributed by atoms with Crippen LogP contribution in [0.3, 0.4) is 0 Å². The van der Waals surface area contributed by atoms with Crippen LogP contribution in [-0.4, -0.2) is 27.9 Å². The molecule has 1 heterocycles. The van der Waals surface area contributed by atoms with Crippen LogP contribution in [0, 0.1) is 0 Å². The first-order valence-electron chi connectivity index (χ1n) is 5.86. The Labute approximate surface area is 110 Å². The van der Waals surface area contributed by atoms with Gasteiger partial charge in [0.15, 0.2) is 11.5 Å². The number of carboxylic acids is 1. The Hall–Kier alpha value is -2.14. The fourth-order valence-corrected chi connectivity index (χ4v) is 1.70. The van der Waals surface area contributed by atoms with Crippen LogP contribution in [0.25, 0.3) is 11.3 Å². The SMILES string of the molecule is CC(C)(CO)c1cccc(-c2cc(C(=O)O)no2)c1. The fourth-order valence-electron chi connectivity index (χ4n) is 1.70. The van der Waals surface area contributed by atoms with Crippen molar-refractivity contribution in [2.45, 2.75) is 19.3 Å². The van der Waals surface area contributed by atoms with Crippen molar-refractivity contribution < 1.29 is 19.5 Å². The van der Waals surface area contributed by atoms with Crippen LogP contribution >= 0.6 is 0 Å². The third-order valence-electron chi connectivity index (χ3n) is 3.05. The van der Waals surface area contributed by atoms with E-state index in [2.05, 4.69) is 5.16 Å². The number of rotatable bonds is 4. The highest BCUT2D eigenvalue weighted by Gasteiger charge is 2.20. The molecule has 0 radical (unpaired) electrons. The summed E-state index contributed by atoms with van der Waals surface area (Å²) in [5, 5.41) is 21.7. The maximum atomic E-state index is 10.8. The first kappa shape index (κ1) is 13.3. The lowest BCUT2D eigenvalue weighted by Crippen LogP contribution is -2.21. The van der Waals surface area contributed by atoms with Gasteiger partial charge in [0, 0.05) is 17.0 Å². The van der Waals surface area contributed by atoms with Crippen LogP contribution in [0.2, 0.25) is 0 Å². The van der Waals surface area contributed by atoms with E-state index in [1.54, 1.807) is 0 Å². The number of benzene rings is 1. The molecule has 1 aromatic heterocycles. The molecule has 2 aromatic rings. The first-order chi connectivity index (χ1) is 8.94. The zero-order chi connectivity index (χ0) is 14.0. The summed E-state index contributed by atoms with van der Waals surface area (Å²) in [5.41, 5.74) is 1.19. The van der Waals surface area contributed by atoms with Crippen molar-refractivity contribution in [3.8, 4) is 11.3 Å². The van der Waals surface area contributed by atoms with Gasteiger partial charge in [0.25, 0.3) is 0 Å². The molecule has 2 rings (SSSR count). The molecular formula is C14H15NO4. The number of hydrogen-bond donors (Lipinski definition) is 2. The molecule has 2 N–H and O–H groups in total. The van der Waals surface area contributed by atoms with E-state index < -0.39 is 5.97 Å². The Morgan fingerprint density at radius 2 is 2.11 bits per heavy atom. The summed E-state index contributed by atoms with van der Waals surface area (Å²) in [5.74, 6) is -0.727. The molecule has 0 unspecified atom stereocenters. The second-order valence-electron chi connectivity index (χ2n) is 5.00. The van der Waals surface area contributed by atoms with Gasteiger partial charge in [0.05, 0.1) is 6.61 Å². The highest BCUT2D eigenvalue weighted by atomic mass is 16.5. The van der Waals surface area contributed by atoms with Crippen molar-refractivity contribution in [2.24, 2.45) is 0 Å². The smallest absolute Gasteiger partial charge is 0.358 e. The van der Waals surface area contributed by atoms with Gasteiger partial charge in [-0.1, -0.05) is 37.2 Å². The molecule has 5 heteroatoms. The third kappa shape index (κ3) is 2.66. The van der Waals surface area contributed by atoms with Crippen LogP contribution in [0.15, 0.2) is 34.9 Å². The maximum absolute atomic E-state index is 10.8. The zero-order valence-corrected chi connectivity index (χ0v) is 10.8. The van der Waals surface area contributed by atoms with Gasteiger partial charge in [0.2, 0.25) is 0 Å². The van der Waals surface area contributed by atoms with Crippen molar-refractivity contribution >= 4 is 5.97 Å². The zero-order valence-electron chi connectivity index (χ0n) is 10.8. The highest BCUT2D eigenvalue weighted by molar-refractivity contribution is 5.86. The average molecular weight is 261 g/mol. The van der Waals surface area contributed by atoms with Crippen LogP contribution in [-0.2, 0) is 5.41 Å². The van der Waals surface area contributed by atoms with Crippen molar-refractivity contribution in [3.63, 3.8) is 0 Å². The number of aliphatic hydroxyl groups is 1. The van der Waals surface area contributed by atoms with Gasteiger partial charge in [-0.3, -0.25) is 0 Å². The number of carbonyl (C=O) groups is 1. The summed E-state index contributed by atoms with van der Waals surface area (Å²) in [7, 11) is 0. The van der Waals surface area contributed by atoms with E-state index in [4.69, 9.17) is 9.63 Å². The molecule has 0 spiro atoms. The number of hydrogen-bond acceptors (Lipinski definition) is 4. The predicted octanol–water partition coefficient (Wildman–Crippen LogP) is 2.31. The van der Waals surface area contributed by atoms with E-state index in [0.717, 1.165) is 11.1 Å². The summed E-state index contributed by atoms with van der Waals surface area (Å²) >= 11 is 0. The van der Waals surface area contributed by atoms with Gasteiger partial charge in [-0.15, -0.1) is 0 Å². The first-order valence-corrected chi connectivity index (χ1v) is 5.86. The summed E-state index contributed by atoms with van der Waals surface area (Å²) in [6, 6.07) is 8.80. The van der Waals surface area contributed by atoms with Crippen molar-refractivity contribution in [1.82, 2.24) is 5.16 Å². The van der Waals surface area contributed by atoms with Crippen LogP contribution in [0.5, 0.6) is 0 Å². The Bertz CT molecular complexity index is 601. The van der Waals surface area contributed by atoms with Crippen molar-refractivity contribution in [3.05, 3.63) is 41.6 Å². The molecule has 5 nitrogen and oxygen atoms in total. The highest BCUT2D eigenvalue weighted by Crippen LogP contribution is 2.28. The molecular weight excluding hydrogens is 246 g/mol. The number of aromatic nitrogens is 1. The van der Waals surface area contributed by atoms with E-state index in [-0.39, 0.29) is 17.7 Å². The Balaban J connectivity index is 2.40. The molecule has 0 aliphatic heterocycles. The number of aromatic carboxylic acids is 1. The molecule has 1 aromatic carbocycles. The minimum absolute atomic E-state index is 0.0211. The van der Waals surface area contributed by atoms with Gasteiger partial charge < -0.3 is 14.7 Å². The van der Waals surface area contributed by atoms with Crippen LogP contribution in [0.1, 0.15) is 29.9 Å². The molecule has 0 fully saturated rings. The monoisotopic (exact) mass is 261 g/mol. The van der Waals surface area contributed by atoms with Crippen molar-refractivity contribution in [1.29, 1.82) is 0 Å². The van der Waals surface area contributed by atoms with E-state index in [9.17, 15) is 9.90 Å². The maximum Gasteiger partial charge on any atom is 0.358 e. The lowest BCUT2D eigenvalue weighted by atomic mass is 9.84. The van der Waals surface area contributed by atoms with Gasteiger partial charge in [-0.25, -0.2) is 4.79 Å². The minimum Gasteiger partial charge on any atom is -0.476 e. The summed E-state index contributed by atoms with van der Waals surface area (Å²) in [6.45, 7) is 3.87. The van der Waals surface area contributed by atoms with Gasteiger partial charge in [-0.05, 0) is 11.6 Å².